The Morgan fingerprint density at radius 1 is 1.32 bits per heavy atom. The van der Waals surface area contributed by atoms with Gasteiger partial charge in [-0.05, 0) is 44.6 Å². The molecule has 2 fully saturated rings. The summed E-state index contributed by atoms with van der Waals surface area (Å²) in [6, 6.07) is 1.91. The van der Waals surface area contributed by atoms with Gasteiger partial charge in [0.15, 0.2) is 0 Å². The highest BCUT2D eigenvalue weighted by molar-refractivity contribution is 5.19. The van der Waals surface area contributed by atoms with Gasteiger partial charge in [-0.25, -0.2) is 0 Å². The third-order valence-electron chi connectivity index (χ3n) is 4.96. The standard InChI is InChI=1S/C16H24O3/c1-12-14(6-9-18-12)15(17)13-5-10-19-16(11-13)7-3-2-4-8-16/h6,9,13,15,17H,2-5,7-8,10-11H2,1H3. The molecule has 1 N–H and O–H groups in total. The molecular formula is C16H24O3. The van der Waals surface area contributed by atoms with Gasteiger partial charge < -0.3 is 14.3 Å². The zero-order valence-electron chi connectivity index (χ0n) is 11.7. The average Bonchev–Trinajstić information content (AvgIpc) is 2.85. The van der Waals surface area contributed by atoms with E-state index in [-0.39, 0.29) is 5.60 Å². The molecular weight excluding hydrogens is 240 g/mol. The van der Waals surface area contributed by atoms with E-state index in [9.17, 15) is 5.11 Å². The Labute approximate surface area is 115 Å². The van der Waals surface area contributed by atoms with Gasteiger partial charge in [-0.15, -0.1) is 0 Å². The first-order valence-corrected chi connectivity index (χ1v) is 7.56. The van der Waals surface area contributed by atoms with Gasteiger partial charge in [-0.1, -0.05) is 19.3 Å². The predicted molar refractivity (Wildman–Crippen MR) is 72.9 cm³/mol. The highest BCUT2D eigenvalue weighted by atomic mass is 16.5. The summed E-state index contributed by atoms with van der Waals surface area (Å²) in [4.78, 5) is 0. The Balaban J connectivity index is 1.72. The molecule has 19 heavy (non-hydrogen) atoms. The Bertz CT molecular complexity index is 412. The molecule has 0 radical (unpaired) electrons. The van der Waals surface area contributed by atoms with Crippen LogP contribution >= 0.6 is 0 Å². The lowest BCUT2D eigenvalue weighted by atomic mass is 9.74. The summed E-state index contributed by atoms with van der Waals surface area (Å²) in [7, 11) is 0. The summed E-state index contributed by atoms with van der Waals surface area (Å²) in [5.41, 5.74) is 1.01. The van der Waals surface area contributed by atoms with E-state index in [0.717, 1.165) is 30.8 Å². The van der Waals surface area contributed by atoms with Crippen molar-refractivity contribution in [2.75, 3.05) is 6.61 Å². The van der Waals surface area contributed by atoms with Crippen molar-refractivity contribution in [3.63, 3.8) is 0 Å². The van der Waals surface area contributed by atoms with Gasteiger partial charge in [0.05, 0.1) is 18.0 Å². The molecule has 2 aliphatic rings. The smallest absolute Gasteiger partial charge is 0.106 e. The van der Waals surface area contributed by atoms with Crippen molar-refractivity contribution in [1.29, 1.82) is 0 Å². The lowest BCUT2D eigenvalue weighted by Gasteiger charge is -2.44. The van der Waals surface area contributed by atoms with Crippen LogP contribution in [-0.2, 0) is 4.74 Å². The molecule has 3 rings (SSSR count). The minimum atomic E-state index is -0.401. The SMILES string of the molecule is Cc1occc1C(O)C1CCOC2(CCCCC2)C1. The zero-order valence-corrected chi connectivity index (χ0v) is 11.7. The summed E-state index contributed by atoms with van der Waals surface area (Å²) < 4.78 is 11.4. The van der Waals surface area contributed by atoms with Gasteiger partial charge >= 0.3 is 0 Å². The van der Waals surface area contributed by atoms with E-state index in [4.69, 9.17) is 9.15 Å². The summed E-state index contributed by atoms with van der Waals surface area (Å²) in [5, 5.41) is 10.6. The fraction of sp³-hybridized carbons (Fsp3) is 0.750. The van der Waals surface area contributed by atoms with Crippen molar-refractivity contribution in [2.24, 2.45) is 5.92 Å². The van der Waals surface area contributed by atoms with Crippen molar-refractivity contribution in [2.45, 2.75) is 63.6 Å². The minimum absolute atomic E-state index is 0.0553. The molecule has 0 aromatic carbocycles. The molecule has 2 unspecified atom stereocenters. The Morgan fingerprint density at radius 2 is 2.11 bits per heavy atom. The number of aliphatic hydroxyl groups is 1. The van der Waals surface area contributed by atoms with Gasteiger partial charge in [0.1, 0.15) is 5.76 Å². The second-order valence-corrected chi connectivity index (χ2v) is 6.22. The first kappa shape index (κ1) is 13.2. The van der Waals surface area contributed by atoms with Crippen LogP contribution in [0.2, 0.25) is 0 Å². The largest absolute Gasteiger partial charge is 0.469 e. The van der Waals surface area contributed by atoms with Crippen molar-refractivity contribution in [1.82, 2.24) is 0 Å². The molecule has 2 heterocycles. The lowest BCUT2D eigenvalue weighted by Crippen LogP contribution is -2.42. The number of furan rings is 1. The number of aryl methyl sites for hydroxylation is 1. The Morgan fingerprint density at radius 3 is 2.79 bits per heavy atom. The molecule has 1 saturated heterocycles. The first-order chi connectivity index (χ1) is 9.20. The summed E-state index contributed by atoms with van der Waals surface area (Å²) in [6.45, 7) is 2.72. The van der Waals surface area contributed by atoms with Gasteiger partial charge in [0.25, 0.3) is 0 Å². The lowest BCUT2D eigenvalue weighted by molar-refractivity contribution is -0.134. The maximum absolute atomic E-state index is 10.6. The van der Waals surface area contributed by atoms with Crippen LogP contribution in [0.25, 0.3) is 0 Å². The molecule has 106 valence electrons. The van der Waals surface area contributed by atoms with E-state index in [0.29, 0.717) is 5.92 Å². The molecule has 1 aromatic rings. The molecule has 3 heteroatoms. The predicted octanol–water partition coefficient (Wildman–Crippen LogP) is 3.75. The van der Waals surface area contributed by atoms with E-state index < -0.39 is 6.10 Å². The van der Waals surface area contributed by atoms with E-state index in [1.165, 1.54) is 32.1 Å². The van der Waals surface area contributed by atoms with Gasteiger partial charge in [-0.2, -0.15) is 0 Å². The maximum Gasteiger partial charge on any atom is 0.106 e. The van der Waals surface area contributed by atoms with Gasteiger partial charge in [0.2, 0.25) is 0 Å². The van der Waals surface area contributed by atoms with E-state index in [1.54, 1.807) is 6.26 Å². The van der Waals surface area contributed by atoms with Crippen LogP contribution in [-0.4, -0.2) is 17.3 Å². The zero-order chi connectivity index (χ0) is 13.3. The molecule has 0 bridgehead atoms. The Hall–Kier alpha value is -0.800. The molecule has 1 aliphatic heterocycles. The second kappa shape index (κ2) is 5.29. The van der Waals surface area contributed by atoms with Gasteiger partial charge in [-0.3, -0.25) is 0 Å². The molecule has 1 aliphatic carbocycles. The highest BCUT2D eigenvalue weighted by Gasteiger charge is 2.41. The normalized spacial score (nSPS) is 28.4. The van der Waals surface area contributed by atoms with Crippen molar-refractivity contribution in [3.8, 4) is 0 Å². The van der Waals surface area contributed by atoms with Crippen LogP contribution in [0.5, 0.6) is 0 Å². The fourth-order valence-electron chi connectivity index (χ4n) is 3.84. The maximum atomic E-state index is 10.6. The third kappa shape index (κ3) is 2.59. The summed E-state index contributed by atoms with van der Waals surface area (Å²) >= 11 is 0. The first-order valence-electron chi connectivity index (χ1n) is 7.56. The van der Waals surface area contributed by atoms with Crippen molar-refractivity contribution >= 4 is 0 Å². The van der Waals surface area contributed by atoms with Crippen LogP contribution < -0.4 is 0 Å². The minimum Gasteiger partial charge on any atom is -0.469 e. The van der Waals surface area contributed by atoms with E-state index >= 15 is 0 Å². The third-order valence-corrected chi connectivity index (χ3v) is 4.96. The van der Waals surface area contributed by atoms with Crippen LogP contribution in [0, 0.1) is 12.8 Å². The topological polar surface area (TPSA) is 42.6 Å². The molecule has 0 amide bonds. The number of ether oxygens (including phenoxy) is 1. The van der Waals surface area contributed by atoms with Crippen LogP contribution in [0.1, 0.15) is 62.4 Å². The summed E-state index contributed by atoms with van der Waals surface area (Å²) in [5.74, 6) is 1.15. The Kier molecular flexibility index (Phi) is 3.68. The fourth-order valence-corrected chi connectivity index (χ4v) is 3.84. The molecule has 3 nitrogen and oxygen atoms in total. The number of hydrogen-bond donors (Lipinski definition) is 1. The highest BCUT2D eigenvalue weighted by Crippen LogP contribution is 2.44. The van der Waals surface area contributed by atoms with Crippen LogP contribution in [0.4, 0.5) is 0 Å². The number of hydrogen-bond acceptors (Lipinski definition) is 3. The molecule has 2 atom stereocenters. The number of rotatable bonds is 2. The van der Waals surface area contributed by atoms with Gasteiger partial charge in [0, 0.05) is 12.2 Å². The number of aliphatic hydroxyl groups excluding tert-OH is 1. The molecule has 1 saturated carbocycles. The monoisotopic (exact) mass is 264 g/mol. The van der Waals surface area contributed by atoms with E-state index in [2.05, 4.69) is 0 Å². The van der Waals surface area contributed by atoms with Crippen LogP contribution in [0.15, 0.2) is 16.7 Å². The quantitative estimate of drug-likeness (QED) is 0.884. The average molecular weight is 264 g/mol. The summed E-state index contributed by atoms with van der Waals surface area (Å²) in [6.07, 6.45) is 9.43. The molecule has 1 aromatic heterocycles. The van der Waals surface area contributed by atoms with Crippen molar-refractivity contribution in [3.05, 3.63) is 23.7 Å². The van der Waals surface area contributed by atoms with Crippen LogP contribution in [0.3, 0.4) is 0 Å². The van der Waals surface area contributed by atoms with Crippen molar-refractivity contribution < 1.29 is 14.3 Å². The second-order valence-electron chi connectivity index (χ2n) is 6.22. The molecule has 1 spiro atoms. The van der Waals surface area contributed by atoms with E-state index in [1.807, 2.05) is 13.0 Å².